The second-order valence-corrected chi connectivity index (χ2v) is 5.26. The van der Waals surface area contributed by atoms with Crippen LogP contribution in [0.3, 0.4) is 0 Å². The van der Waals surface area contributed by atoms with Crippen LogP contribution in [0, 0.1) is 11.6 Å². The number of benzene rings is 2. The van der Waals surface area contributed by atoms with Gasteiger partial charge in [0.1, 0.15) is 17.4 Å². The van der Waals surface area contributed by atoms with Crippen molar-refractivity contribution in [2.75, 3.05) is 0 Å². The maximum Gasteiger partial charge on any atom is 0.134 e. The molecule has 0 aliphatic heterocycles. The van der Waals surface area contributed by atoms with E-state index in [0.29, 0.717) is 12.8 Å². The molecule has 1 aliphatic rings. The lowest BCUT2D eigenvalue weighted by molar-refractivity contribution is -0.117. The largest absolute Gasteiger partial charge is 0.300 e. The second kappa shape index (κ2) is 5.16. The number of Topliss-reactive ketones (excluding diaryl/α,β-unsaturated/α-hetero) is 1. The molecule has 0 aromatic heterocycles. The summed E-state index contributed by atoms with van der Waals surface area (Å²) >= 11 is 0. The molecule has 0 saturated heterocycles. The molecule has 2 atom stereocenters. The fourth-order valence-electron chi connectivity index (χ4n) is 2.98. The Bertz CT molecular complexity index is 561. The molecule has 0 radical (unpaired) electrons. The Balaban J connectivity index is 1.94. The summed E-state index contributed by atoms with van der Waals surface area (Å²) < 4.78 is 26.0. The first-order valence-corrected chi connectivity index (χ1v) is 6.66. The van der Waals surface area contributed by atoms with Gasteiger partial charge in [0.15, 0.2) is 0 Å². The van der Waals surface area contributed by atoms with Gasteiger partial charge in [0.05, 0.1) is 0 Å². The van der Waals surface area contributed by atoms with Crippen LogP contribution < -0.4 is 0 Å². The van der Waals surface area contributed by atoms with Crippen molar-refractivity contribution in [3.63, 3.8) is 0 Å². The van der Waals surface area contributed by atoms with Crippen molar-refractivity contribution in [3.05, 3.63) is 71.3 Å². The zero-order chi connectivity index (χ0) is 14.1. The van der Waals surface area contributed by atoms with Gasteiger partial charge in [-0.3, -0.25) is 4.79 Å². The zero-order valence-electron chi connectivity index (χ0n) is 10.9. The highest BCUT2D eigenvalue weighted by molar-refractivity contribution is 5.83. The minimum atomic E-state index is -0.281. The van der Waals surface area contributed by atoms with Gasteiger partial charge in [0.25, 0.3) is 0 Å². The number of carbonyl (C=O) groups excluding carboxylic acids is 1. The topological polar surface area (TPSA) is 17.1 Å². The van der Waals surface area contributed by atoms with E-state index in [4.69, 9.17) is 0 Å². The zero-order valence-corrected chi connectivity index (χ0v) is 10.9. The number of hydrogen-bond donors (Lipinski definition) is 0. The first kappa shape index (κ1) is 13.0. The molecular formula is C17H14F2O. The molecule has 3 heteroatoms. The van der Waals surface area contributed by atoms with Gasteiger partial charge in [-0.1, -0.05) is 24.3 Å². The molecule has 102 valence electrons. The van der Waals surface area contributed by atoms with Crippen molar-refractivity contribution in [1.29, 1.82) is 0 Å². The summed E-state index contributed by atoms with van der Waals surface area (Å²) in [5, 5.41) is 0. The van der Waals surface area contributed by atoms with E-state index in [-0.39, 0.29) is 29.3 Å². The molecular weight excluding hydrogens is 258 g/mol. The number of rotatable bonds is 2. The van der Waals surface area contributed by atoms with E-state index in [9.17, 15) is 13.6 Å². The van der Waals surface area contributed by atoms with Crippen LogP contribution in [0.5, 0.6) is 0 Å². The molecule has 2 aromatic carbocycles. The van der Waals surface area contributed by atoms with Crippen LogP contribution >= 0.6 is 0 Å². The average molecular weight is 272 g/mol. The molecule has 0 N–H and O–H groups in total. The smallest absolute Gasteiger partial charge is 0.134 e. The van der Waals surface area contributed by atoms with E-state index in [1.54, 1.807) is 24.3 Å². The Morgan fingerprint density at radius 3 is 1.40 bits per heavy atom. The molecule has 1 aliphatic carbocycles. The molecule has 0 unspecified atom stereocenters. The number of ketones is 1. The fraction of sp³-hybridized carbons (Fsp3) is 0.235. The quantitative estimate of drug-likeness (QED) is 0.801. The molecule has 1 saturated carbocycles. The van der Waals surface area contributed by atoms with Crippen LogP contribution in [0.1, 0.15) is 35.8 Å². The normalized spacial score (nSPS) is 22.2. The van der Waals surface area contributed by atoms with Gasteiger partial charge in [-0.25, -0.2) is 8.78 Å². The van der Waals surface area contributed by atoms with Gasteiger partial charge >= 0.3 is 0 Å². The number of halogens is 2. The lowest BCUT2D eigenvalue weighted by Crippen LogP contribution is -2.05. The first-order chi connectivity index (χ1) is 9.63. The third-order valence-corrected chi connectivity index (χ3v) is 3.98. The summed E-state index contributed by atoms with van der Waals surface area (Å²) in [6, 6.07) is 12.6. The highest BCUT2D eigenvalue weighted by Gasteiger charge is 2.34. The Hall–Kier alpha value is -2.03. The van der Waals surface area contributed by atoms with Crippen molar-refractivity contribution >= 4 is 5.78 Å². The van der Waals surface area contributed by atoms with E-state index >= 15 is 0 Å². The molecule has 2 aromatic rings. The van der Waals surface area contributed by atoms with Crippen molar-refractivity contribution in [2.45, 2.75) is 24.7 Å². The summed E-state index contributed by atoms with van der Waals surface area (Å²) in [4.78, 5) is 11.8. The maximum atomic E-state index is 13.0. The molecule has 0 amide bonds. The summed E-state index contributed by atoms with van der Waals surface area (Å²) in [6.45, 7) is 0. The minimum absolute atomic E-state index is 0.0496. The predicted octanol–water partition coefficient (Wildman–Crippen LogP) is 4.20. The first-order valence-electron chi connectivity index (χ1n) is 6.66. The van der Waals surface area contributed by atoms with Gasteiger partial charge in [-0.2, -0.15) is 0 Å². The molecule has 0 spiro atoms. The molecule has 1 fully saturated rings. The lowest BCUT2D eigenvalue weighted by atomic mass is 9.84. The Labute approximate surface area is 116 Å². The van der Waals surface area contributed by atoms with Gasteiger partial charge in [0, 0.05) is 12.8 Å². The monoisotopic (exact) mass is 272 g/mol. The van der Waals surface area contributed by atoms with Crippen molar-refractivity contribution < 1.29 is 13.6 Å². The predicted molar refractivity (Wildman–Crippen MR) is 72.5 cm³/mol. The third-order valence-electron chi connectivity index (χ3n) is 3.98. The molecule has 20 heavy (non-hydrogen) atoms. The number of hydrogen-bond acceptors (Lipinski definition) is 1. The van der Waals surface area contributed by atoms with Crippen molar-refractivity contribution in [1.82, 2.24) is 0 Å². The van der Waals surface area contributed by atoms with E-state index in [0.717, 1.165) is 11.1 Å². The Morgan fingerprint density at radius 1 is 0.700 bits per heavy atom. The van der Waals surface area contributed by atoms with E-state index in [1.807, 2.05) is 0 Å². The highest BCUT2D eigenvalue weighted by atomic mass is 19.1. The average Bonchev–Trinajstić information content (AvgIpc) is 2.82. The van der Waals surface area contributed by atoms with Crippen molar-refractivity contribution in [3.8, 4) is 0 Å². The highest BCUT2D eigenvalue weighted by Crippen LogP contribution is 2.44. The maximum absolute atomic E-state index is 13.0. The summed E-state index contributed by atoms with van der Waals surface area (Å²) in [6.07, 6.45) is 0.932. The van der Waals surface area contributed by atoms with Crippen LogP contribution in [0.2, 0.25) is 0 Å². The fourth-order valence-corrected chi connectivity index (χ4v) is 2.98. The van der Waals surface area contributed by atoms with Gasteiger partial charge in [-0.15, -0.1) is 0 Å². The van der Waals surface area contributed by atoms with E-state index < -0.39 is 0 Å². The Kier molecular flexibility index (Phi) is 3.35. The third kappa shape index (κ3) is 2.48. The molecule has 1 nitrogen and oxygen atoms in total. The molecule has 0 bridgehead atoms. The number of carbonyl (C=O) groups is 1. The van der Waals surface area contributed by atoms with Crippen molar-refractivity contribution in [2.24, 2.45) is 0 Å². The van der Waals surface area contributed by atoms with Crippen LogP contribution in [-0.2, 0) is 4.79 Å². The SMILES string of the molecule is O=C1C[C@@H](c2ccc(F)cc2)[C@H](c2ccc(F)cc2)C1. The van der Waals surface area contributed by atoms with Crippen LogP contribution in [0.25, 0.3) is 0 Å². The molecule has 3 rings (SSSR count). The molecule has 0 heterocycles. The minimum Gasteiger partial charge on any atom is -0.300 e. The van der Waals surface area contributed by atoms with Gasteiger partial charge in [-0.05, 0) is 47.2 Å². The van der Waals surface area contributed by atoms with Crippen LogP contribution in [0.15, 0.2) is 48.5 Å². The van der Waals surface area contributed by atoms with Crippen LogP contribution in [-0.4, -0.2) is 5.78 Å². The summed E-state index contributed by atoms with van der Waals surface area (Å²) in [7, 11) is 0. The Morgan fingerprint density at radius 2 is 1.05 bits per heavy atom. The second-order valence-electron chi connectivity index (χ2n) is 5.26. The summed E-state index contributed by atoms with van der Waals surface area (Å²) in [5.41, 5.74) is 1.93. The van der Waals surface area contributed by atoms with Crippen LogP contribution in [0.4, 0.5) is 8.78 Å². The lowest BCUT2D eigenvalue weighted by Gasteiger charge is -2.19. The van der Waals surface area contributed by atoms with E-state index in [1.165, 1.54) is 24.3 Å². The standard InChI is InChI=1S/C17H14F2O/c18-13-5-1-11(2-6-13)16-9-15(20)10-17(16)12-3-7-14(19)8-4-12/h1-8,16-17H,9-10H2/t16-,17-/m0/s1. The summed E-state index contributed by atoms with van der Waals surface area (Å²) in [5.74, 6) is -0.261. The van der Waals surface area contributed by atoms with E-state index in [2.05, 4.69) is 0 Å². The van der Waals surface area contributed by atoms with Gasteiger partial charge in [0.2, 0.25) is 0 Å². The van der Waals surface area contributed by atoms with Gasteiger partial charge < -0.3 is 0 Å².